The number of halogens is 1. The van der Waals surface area contributed by atoms with Crippen LogP contribution in [-0.4, -0.2) is 35.4 Å². The molecule has 6 heteroatoms. The van der Waals surface area contributed by atoms with Crippen molar-refractivity contribution in [3.8, 4) is 5.75 Å². The minimum atomic E-state index is -0.687. The largest absolute Gasteiger partial charge is 0.483 e. The van der Waals surface area contributed by atoms with Crippen LogP contribution in [0.3, 0.4) is 0 Å². The van der Waals surface area contributed by atoms with Crippen LogP contribution in [0.25, 0.3) is 0 Å². The Bertz CT molecular complexity index is 1220. The maximum absolute atomic E-state index is 13.8. The Morgan fingerprint density at radius 1 is 0.947 bits per heavy atom. The molecule has 0 aliphatic heterocycles. The lowest BCUT2D eigenvalue weighted by Crippen LogP contribution is -2.53. The van der Waals surface area contributed by atoms with Gasteiger partial charge in [0.05, 0.1) is 0 Å². The summed E-state index contributed by atoms with van der Waals surface area (Å²) >= 11 is 6.27. The number of ether oxygens (including phenoxy) is 1. The van der Waals surface area contributed by atoms with Gasteiger partial charge in [0, 0.05) is 24.0 Å². The third-order valence-electron chi connectivity index (χ3n) is 7.16. The first kappa shape index (κ1) is 27.7. The third kappa shape index (κ3) is 7.84. The van der Waals surface area contributed by atoms with Gasteiger partial charge < -0.3 is 15.0 Å². The quantitative estimate of drug-likeness (QED) is 0.327. The maximum Gasteiger partial charge on any atom is 0.261 e. The Kier molecular flexibility index (Phi) is 9.83. The molecule has 0 unspecified atom stereocenters. The van der Waals surface area contributed by atoms with Crippen molar-refractivity contribution in [2.75, 3.05) is 6.61 Å². The fourth-order valence-electron chi connectivity index (χ4n) is 5.02. The summed E-state index contributed by atoms with van der Waals surface area (Å²) in [7, 11) is 0. The SMILES string of the molecule is Cc1ccc(C)c(OCC(=O)N(Cc2cccc(Cl)c2)[C@@H](Cc2ccccc2)C(=O)NC2CCCCC2)c1. The number of hydrogen-bond acceptors (Lipinski definition) is 3. The van der Waals surface area contributed by atoms with Gasteiger partial charge in [-0.25, -0.2) is 0 Å². The fraction of sp³-hybridized carbons (Fsp3) is 0.375. The normalized spacial score (nSPS) is 14.5. The number of aryl methyl sites for hydroxylation is 2. The number of nitrogens with one attached hydrogen (secondary N) is 1. The van der Waals surface area contributed by atoms with Crippen molar-refractivity contribution >= 4 is 23.4 Å². The van der Waals surface area contributed by atoms with Crippen molar-refractivity contribution in [1.29, 1.82) is 0 Å². The van der Waals surface area contributed by atoms with Gasteiger partial charge in [-0.05, 0) is 67.1 Å². The molecule has 38 heavy (non-hydrogen) atoms. The number of rotatable bonds is 10. The zero-order chi connectivity index (χ0) is 26.9. The summed E-state index contributed by atoms with van der Waals surface area (Å²) in [5.41, 5.74) is 3.88. The lowest BCUT2D eigenvalue weighted by molar-refractivity contribution is -0.143. The Morgan fingerprint density at radius 3 is 2.42 bits per heavy atom. The van der Waals surface area contributed by atoms with Crippen molar-refractivity contribution in [2.45, 2.75) is 71.0 Å². The Hall–Kier alpha value is -3.31. The molecule has 200 valence electrons. The highest BCUT2D eigenvalue weighted by Crippen LogP contribution is 2.22. The standard InChI is InChI=1S/C32H37ClN2O3/c1-23-16-17-24(2)30(18-23)38-22-31(36)35(21-26-12-9-13-27(33)19-26)29(20-25-10-5-3-6-11-25)32(37)34-28-14-7-4-8-15-28/h3,5-6,9-13,16-19,28-29H,4,7-8,14-15,20-22H2,1-2H3,(H,34,37)/t29-/m0/s1. The molecular formula is C32H37ClN2O3. The summed E-state index contributed by atoms with van der Waals surface area (Å²) in [6.45, 7) is 4.04. The summed E-state index contributed by atoms with van der Waals surface area (Å²) in [4.78, 5) is 29.3. The highest BCUT2D eigenvalue weighted by atomic mass is 35.5. The highest BCUT2D eigenvalue weighted by molar-refractivity contribution is 6.30. The first-order valence-corrected chi connectivity index (χ1v) is 13.8. The minimum absolute atomic E-state index is 0.122. The van der Waals surface area contributed by atoms with E-state index < -0.39 is 6.04 Å². The summed E-state index contributed by atoms with van der Waals surface area (Å²) in [6, 6.07) is 22.7. The Balaban J connectivity index is 1.62. The maximum atomic E-state index is 13.8. The molecule has 1 saturated carbocycles. The molecule has 0 aromatic heterocycles. The second-order valence-electron chi connectivity index (χ2n) is 10.3. The van der Waals surface area contributed by atoms with Gasteiger partial charge in [0.1, 0.15) is 11.8 Å². The first-order chi connectivity index (χ1) is 18.4. The van der Waals surface area contributed by atoms with Gasteiger partial charge in [-0.3, -0.25) is 9.59 Å². The van der Waals surface area contributed by atoms with E-state index in [-0.39, 0.29) is 31.0 Å². The van der Waals surface area contributed by atoms with Gasteiger partial charge >= 0.3 is 0 Å². The summed E-state index contributed by atoms with van der Waals surface area (Å²) in [6.07, 6.45) is 5.79. The molecule has 4 rings (SSSR count). The van der Waals surface area contributed by atoms with E-state index in [1.165, 1.54) is 6.42 Å². The predicted octanol–water partition coefficient (Wildman–Crippen LogP) is 6.42. The van der Waals surface area contributed by atoms with E-state index in [1.54, 1.807) is 11.0 Å². The van der Waals surface area contributed by atoms with E-state index in [1.807, 2.05) is 80.6 Å². The second-order valence-corrected chi connectivity index (χ2v) is 10.7. The molecule has 3 aromatic carbocycles. The molecule has 1 fully saturated rings. The summed E-state index contributed by atoms with van der Waals surface area (Å²) < 4.78 is 6.00. The van der Waals surface area contributed by atoms with Crippen LogP contribution in [0, 0.1) is 13.8 Å². The Morgan fingerprint density at radius 2 is 1.68 bits per heavy atom. The van der Waals surface area contributed by atoms with Crippen LogP contribution < -0.4 is 10.1 Å². The van der Waals surface area contributed by atoms with Crippen LogP contribution in [0.4, 0.5) is 0 Å². The van der Waals surface area contributed by atoms with E-state index in [9.17, 15) is 9.59 Å². The van der Waals surface area contributed by atoms with Gasteiger partial charge in [-0.2, -0.15) is 0 Å². The number of amides is 2. The molecule has 0 bridgehead atoms. The van der Waals surface area contributed by atoms with Crippen molar-refractivity contribution in [3.05, 3.63) is 100 Å². The van der Waals surface area contributed by atoms with Crippen molar-refractivity contribution < 1.29 is 14.3 Å². The summed E-state index contributed by atoms with van der Waals surface area (Å²) in [5.74, 6) is 0.306. The van der Waals surface area contributed by atoms with Crippen molar-refractivity contribution in [1.82, 2.24) is 10.2 Å². The second kappa shape index (κ2) is 13.5. The van der Waals surface area contributed by atoms with Crippen LogP contribution >= 0.6 is 11.6 Å². The average molecular weight is 533 g/mol. The lowest BCUT2D eigenvalue weighted by Gasteiger charge is -2.33. The number of nitrogens with zero attached hydrogens (tertiary/aromatic N) is 1. The fourth-order valence-corrected chi connectivity index (χ4v) is 5.23. The number of carbonyl (C=O) groups is 2. The first-order valence-electron chi connectivity index (χ1n) is 13.5. The highest BCUT2D eigenvalue weighted by Gasteiger charge is 2.32. The lowest BCUT2D eigenvalue weighted by atomic mass is 9.94. The predicted molar refractivity (Wildman–Crippen MR) is 152 cm³/mol. The minimum Gasteiger partial charge on any atom is -0.483 e. The van der Waals surface area contributed by atoms with E-state index in [0.717, 1.165) is 47.9 Å². The molecule has 1 aliphatic carbocycles. The van der Waals surface area contributed by atoms with Crippen LogP contribution in [0.2, 0.25) is 5.02 Å². The van der Waals surface area contributed by atoms with Crippen LogP contribution in [-0.2, 0) is 22.6 Å². The van der Waals surface area contributed by atoms with E-state index in [0.29, 0.717) is 17.2 Å². The smallest absolute Gasteiger partial charge is 0.261 e. The molecule has 0 saturated heterocycles. The van der Waals surface area contributed by atoms with Crippen LogP contribution in [0.5, 0.6) is 5.75 Å². The number of hydrogen-bond donors (Lipinski definition) is 1. The molecule has 1 aliphatic rings. The molecule has 0 spiro atoms. The summed E-state index contributed by atoms with van der Waals surface area (Å²) in [5, 5.41) is 3.85. The number of carbonyl (C=O) groups excluding carboxylic acids is 2. The van der Waals surface area contributed by atoms with Gasteiger partial charge in [-0.1, -0.05) is 85.5 Å². The van der Waals surface area contributed by atoms with E-state index in [2.05, 4.69) is 5.32 Å². The molecule has 5 nitrogen and oxygen atoms in total. The van der Waals surface area contributed by atoms with Gasteiger partial charge in [0.15, 0.2) is 6.61 Å². The Labute approximate surface area is 231 Å². The zero-order valence-electron chi connectivity index (χ0n) is 22.3. The monoisotopic (exact) mass is 532 g/mol. The molecular weight excluding hydrogens is 496 g/mol. The molecule has 0 radical (unpaired) electrons. The van der Waals surface area contributed by atoms with Gasteiger partial charge in [-0.15, -0.1) is 0 Å². The molecule has 2 amide bonds. The van der Waals surface area contributed by atoms with E-state index in [4.69, 9.17) is 16.3 Å². The molecule has 0 heterocycles. The van der Waals surface area contributed by atoms with Gasteiger partial charge in [0.2, 0.25) is 5.91 Å². The van der Waals surface area contributed by atoms with Gasteiger partial charge in [0.25, 0.3) is 5.91 Å². The molecule has 3 aromatic rings. The average Bonchev–Trinajstić information content (AvgIpc) is 2.92. The molecule has 1 N–H and O–H groups in total. The van der Waals surface area contributed by atoms with Crippen molar-refractivity contribution in [2.24, 2.45) is 0 Å². The number of benzene rings is 3. The molecule has 1 atom stereocenters. The van der Waals surface area contributed by atoms with Crippen molar-refractivity contribution in [3.63, 3.8) is 0 Å². The topological polar surface area (TPSA) is 58.6 Å². The van der Waals surface area contributed by atoms with Crippen LogP contribution in [0.15, 0.2) is 72.8 Å². The third-order valence-corrected chi connectivity index (χ3v) is 7.39. The zero-order valence-corrected chi connectivity index (χ0v) is 23.0. The van der Waals surface area contributed by atoms with Crippen LogP contribution in [0.1, 0.15) is 54.4 Å². The van der Waals surface area contributed by atoms with E-state index >= 15 is 0 Å².